The van der Waals surface area contributed by atoms with Crippen molar-refractivity contribution in [2.45, 2.75) is 45.1 Å². The molecule has 0 fully saturated rings. The number of thiophene rings is 1. The zero-order valence-electron chi connectivity index (χ0n) is 15.5. The van der Waals surface area contributed by atoms with Gasteiger partial charge < -0.3 is 10.2 Å². The van der Waals surface area contributed by atoms with Gasteiger partial charge in [-0.2, -0.15) is 0 Å². The first kappa shape index (κ1) is 18.6. The van der Waals surface area contributed by atoms with Crippen molar-refractivity contribution in [3.63, 3.8) is 0 Å². The number of rotatable bonds is 4. The number of carbonyl (C=O) groups excluding carboxylic acids is 2. The maximum absolute atomic E-state index is 12.5. The Morgan fingerprint density at radius 1 is 1.04 bits per heavy atom. The molecule has 2 amide bonds. The second kappa shape index (κ2) is 8.49. The molecule has 0 saturated carbocycles. The molecule has 138 valence electrons. The first-order chi connectivity index (χ1) is 12.5. The number of nitrogens with zero attached hydrogens (tertiary/aromatic N) is 1. The molecule has 0 unspecified atom stereocenters. The molecule has 0 radical (unpaired) electrons. The van der Waals surface area contributed by atoms with Crippen molar-refractivity contribution in [2.75, 3.05) is 14.1 Å². The van der Waals surface area contributed by atoms with E-state index in [0.717, 1.165) is 23.3 Å². The van der Waals surface area contributed by atoms with Crippen molar-refractivity contribution in [2.24, 2.45) is 0 Å². The number of hydrogen-bond donors (Lipinski definition) is 1. The fourth-order valence-electron chi connectivity index (χ4n) is 3.25. The summed E-state index contributed by atoms with van der Waals surface area (Å²) in [6.07, 6.45) is 7.25. The molecular formula is C21H26N2O2S. The standard InChI is InChI=1S/C21H26N2O2S/c1-23(2)21(25)16-11-9-15(10-12-16)14-22-20(24)19-13-17-7-5-3-4-6-8-18(17)26-19/h9-13H,3-8,14H2,1-2H3,(H,22,24). The molecule has 1 aromatic heterocycles. The summed E-state index contributed by atoms with van der Waals surface area (Å²) in [4.78, 5) is 28.2. The highest BCUT2D eigenvalue weighted by molar-refractivity contribution is 7.14. The maximum atomic E-state index is 12.5. The number of amides is 2. The average molecular weight is 371 g/mol. The molecule has 0 bridgehead atoms. The molecule has 3 rings (SSSR count). The Hall–Kier alpha value is -2.14. The lowest BCUT2D eigenvalue weighted by molar-refractivity contribution is 0.0827. The Kier molecular flexibility index (Phi) is 6.09. The van der Waals surface area contributed by atoms with E-state index >= 15 is 0 Å². The van der Waals surface area contributed by atoms with Crippen LogP contribution in [0.2, 0.25) is 0 Å². The van der Waals surface area contributed by atoms with Gasteiger partial charge in [-0.05, 0) is 55.0 Å². The summed E-state index contributed by atoms with van der Waals surface area (Å²) in [6.45, 7) is 0.470. The van der Waals surface area contributed by atoms with Gasteiger partial charge in [-0.15, -0.1) is 11.3 Å². The highest BCUT2D eigenvalue weighted by Crippen LogP contribution is 2.28. The quantitative estimate of drug-likeness (QED) is 0.883. The van der Waals surface area contributed by atoms with Crippen molar-refractivity contribution in [1.82, 2.24) is 10.2 Å². The molecule has 0 aliphatic heterocycles. The van der Waals surface area contributed by atoms with Crippen LogP contribution < -0.4 is 5.32 Å². The summed E-state index contributed by atoms with van der Waals surface area (Å²) < 4.78 is 0. The van der Waals surface area contributed by atoms with Gasteiger partial charge in [-0.25, -0.2) is 0 Å². The van der Waals surface area contributed by atoms with Gasteiger partial charge in [-0.3, -0.25) is 9.59 Å². The summed E-state index contributed by atoms with van der Waals surface area (Å²) in [5, 5.41) is 3.00. The summed E-state index contributed by atoms with van der Waals surface area (Å²) in [5.74, 6) is -0.0215. The molecule has 4 nitrogen and oxygen atoms in total. The van der Waals surface area contributed by atoms with Crippen LogP contribution in [0.5, 0.6) is 0 Å². The van der Waals surface area contributed by atoms with E-state index in [0.29, 0.717) is 12.1 Å². The van der Waals surface area contributed by atoms with E-state index in [-0.39, 0.29) is 11.8 Å². The molecule has 0 spiro atoms. The molecule has 0 saturated heterocycles. The Morgan fingerprint density at radius 3 is 2.42 bits per heavy atom. The minimum atomic E-state index is -0.0170. The van der Waals surface area contributed by atoms with Crippen molar-refractivity contribution < 1.29 is 9.59 Å². The van der Waals surface area contributed by atoms with Gasteiger partial charge in [0.25, 0.3) is 11.8 Å². The molecule has 0 atom stereocenters. The third kappa shape index (κ3) is 4.52. The molecule has 1 aromatic carbocycles. The van der Waals surface area contributed by atoms with E-state index in [1.165, 1.54) is 36.1 Å². The lowest BCUT2D eigenvalue weighted by Gasteiger charge is -2.10. The van der Waals surface area contributed by atoms with Crippen molar-refractivity contribution in [1.29, 1.82) is 0 Å². The first-order valence-corrected chi connectivity index (χ1v) is 10.1. The SMILES string of the molecule is CN(C)C(=O)c1ccc(CNC(=O)c2cc3c(s2)CCCCCC3)cc1. The molecule has 2 aromatic rings. The zero-order valence-corrected chi connectivity index (χ0v) is 16.3. The lowest BCUT2D eigenvalue weighted by Crippen LogP contribution is -2.23. The van der Waals surface area contributed by atoms with Gasteiger partial charge in [0.2, 0.25) is 0 Å². The van der Waals surface area contributed by atoms with Gasteiger partial charge >= 0.3 is 0 Å². The van der Waals surface area contributed by atoms with E-state index in [9.17, 15) is 9.59 Å². The Morgan fingerprint density at radius 2 is 1.73 bits per heavy atom. The zero-order chi connectivity index (χ0) is 18.5. The second-order valence-corrected chi connectivity index (χ2v) is 8.19. The molecule has 1 N–H and O–H groups in total. The fourth-order valence-corrected chi connectivity index (χ4v) is 4.42. The van der Waals surface area contributed by atoms with E-state index in [1.54, 1.807) is 42.5 Å². The molecular weight excluding hydrogens is 344 g/mol. The van der Waals surface area contributed by atoms with E-state index in [4.69, 9.17) is 0 Å². The van der Waals surface area contributed by atoms with Crippen LogP contribution in [0.4, 0.5) is 0 Å². The minimum Gasteiger partial charge on any atom is -0.347 e. The molecule has 1 heterocycles. The van der Waals surface area contributed by atoms with Gasteiger partial charge in [0, 0.05) is 31.1 Å². The summed E-state index contributed by atoms with van der Waals surface area (Å²) >= 11 is 1.65. The van der Waals surface area contributed by atoms with Crippen LogP contribution in [0.3, 0.4) is 0 Å². The highest BCUT2D eigenvalue weighted by Gasteiger charge is 2.16. The van der Waals surface area contributed by atoms with Crippen molar-refractivity contribution >= 4 is 23.2 Å². The van der Waals surface area contributed by atoms with Gasteiger partial charge in [-0.1, -0.05) is 25.0 Å². The number of aryl methyl sites for hydroxylation is 2. The number of nitrogens with one attached hydrogen (secondary N) is 1. The second-order valence-electron chi connectivity index (χ2n) is 7.05. The lowest BCUT2D eigenvalue weighted by atomic mass is 10.00. The van der Waals surface area contributed by atoms with Crippen molar-refractivity contribution in [3.05, 3.63) is 56.8 Å². The normalized spacial score (nSPS) is 14.1. The van der Waals surface area contributed by atoms with Gasteiger partial charge in [0.15, 0.2) is 0 Å². The van der Waals surface area contributed by atoms with Crippen LogP contribution >= 0.6 is 11.3 Å². The third-order valence-electron chi connectivity index (χ3n) is 4.78. The molecule has 5 heteroatoms. The summed E-state index contributed by atoms with van der Waals surface area (Å²) in [7, 11) is 3.47. The monoisotopic (exact) mass is 370 g/mol. The van der Waals surface area contributed by atoms with E-state index in [1.807, 2.05) is 12.1 Å². The molecule has 26 heavy (non-hydrogen) atoms. The maximum Gasteiger partial charge on any atom is 0.261 e. The highest BCUT2D eigenvalue weighted by atomic mass is 32.1. The first-order valence-electron chi connectivity index (χ1n) is 9.25. The summed E-state index contributed by atoms with van der Waals surface area (Å²) in [5.41, 5.74) is 3.01. The van der Waals surface area contributed by atoms with Crippen LogP contribution in [-0.4, -0.2) is 30.8 Å². The van der Waals surface area contributed by atoms with E-state index < -0.39 is 0 Å². The average Bonchev–Trinajstić information content (AvgIpc) is 3.01. The molecule has 1 aliphatic rings. The van der Waals surface area contributed by atoms with Gasteiger partial charge in [0.1, 0.15) is 0 Å². The number of benzene rings is 1. The number of fused-ring (bicyclic) bond motifs is 1. The smallest absolute Gasteiger partial charge is 0.261 e. The Labute approximate surface area is 159 Å². The van der Waals surface area contributed by atoms with Crippen LogP contribution in [0.25, 0.3) is 0 Å². The van der Waals surface area contributed by atoms with Crippen LogP contribution in [0.1, 0.15) is 61.7 Å². The summed E-state index contributed by atoms with van der Waals surface area (Å²) in [6, 6.07) is 9.48. The molecule has 1 aliphatic carbocycles. The number of hydrogen-bond acceptors (Lipinski definition) is 3. The Balaban J connectivity index is 1.60. The predicted molar refractivity (Wildman–Crippen MR) is 106 cm³/mol. The van der Waals surface area contributed by atoms with E-state index in [2.05, 4.69) is 11.4 Å². The van der Waals surface area contributed by atoms with Crippen molar-refractivity contribution in [3.8, 4) is 0 Å². The minimum absolute atomic E-state index is 0.00445. The van der Waals surface area contributed by atoms with Crippen LogP contribution in [-0.2, 0) is 19.4 Å². The Bertz CT molecular complexity index is 752. The third-order valence-corrected chi connectivity index (χ3v) is 6.02. The largest absolute Gasteiger partial charge is 0.347 e. The van der Waals surface area contributed by atoms with Crippen LogP contribution in [0, 0.1) is 0 Å². The predicted octanol–water partition coefficient (Wildman–Crippen LogP) is 4.04. The fraction of sp³-hybridized carbons (Fsp3) is 0.429. The van der Waals surface area contributed by atoms with Gasteiger partial charge in [0.05, 0.1) is 4.88 Å². The number of carbonyl (C=O) groups is 2. The topological polar surface area (TPSA) is 49.4 Å². The van der Waals surface area contributed by atoms with Crippen LogP contribution in [0.15, 0.2) is 30.3 Å².